The molecule has 0 unspecified atom stereocenters. The highest BCUT2D eigenvalue weighted by atomic mass is 19.1. The topological polar surface area (TPSA) is 59.3 Å². The first-order valence-corrected chi connectivity index (χ1v) is 9.75. The molecule has 2 aromatic heterocycles. The van der Waals surface area contributed by atoms with E-state index in [0.717, 1.165) is 25.0 Å². The van der Waals surface area contributed by atoms with Gasteiger partial charge in [-0.3, -0.25) is 4.79 Å². The molecule has 1 amide bonds. The number of carbonyl (C=O) groups is 1. The molecule has 0 saturated heterocycles. The van der Waals surface area contributed by atoms with Gasteiger partial charge in [0.1, 0.15) is 11.5 Å². The zero-order valence-corrected chi connectivity index (χ0v) is 16.9. The van der Waals surface area contributed by atoms with Crippen molar-refractivity contribution in [3.8, 4) is 11.3 Å². The number of amides is 1. The van der Waals surface area contributed by atoms with Gasteiger partial charge in [0.05, 0.1) is 11.4 Å². The minimum atomic E-state index is -0.364. The Balaban J connectivity index is 2.09. The van der Waals surface area contributed by atoms with E-state index in [1.54, 1.807) is 28.8 Å². The van der Waals surface area contributed by atoms with Gasteiger partial charge in [0.2, 0.25) is 0 Å². The molecule has 1 N–H and O–H groups in total. The van der Waals surface area contributed by atoms with E-state index < -0.39 is 0 Å². The lowest BCUT2D eigenvalue weighted by atomic mass is 9.93. The SMILES string of the molecule is CCCCCNC(=O)c1cc(-c2ccccc2F)n2nc(C(C)(C)C)cc2n1. The van der Waals surface area contributed by atoms with Crippen LogP contribution in [0.25, 0.3) is 16.9 Å². The zero-order chi connectivity index (χ0) is 20.3. The first-order chi connectivity index (χ1) is 13.3. The monoisotopic (exact) mass is 382 g/mol. The summed E-state index contributed by atoms with van der Waals surface area (Å²) in [6.07, 6.45) is 3.07. The summed E-state index contributed by atoms with van der Waals surface area (Å²) in [5.41, 5.74) is 2.34. The van der Waals surface area contributed by atoms with Crippen LogP contribution in [0.5, 0.6) is 0 Å². The molecule has 1 aromatic carbocycles. The molecule has 0 spiro atoms. The lowest BCUT2D eigenvalue weighted by Gasteiger charge is -2.13. The Hall–Kier alpha value is -2.76. The highest BCUT2D eigenvalue weighted by molar-refractivity contribution is 5.94. The van der Waals surface area contributed by atoms with Crippen LogP contribution in [0.2, 0.25) is 0 Å². The molecule has 0 fully saturated rings. The summed E-state index contributed by atoms with van der Waals surface area (Å²) in [5, 5.41) is 7.55. The van der Waals surface area contributed by atoms with Gasteiger partial charge in [-0.15, -0.1) is 0 Å². The average Bonchev–Trinajstić information content (AvgIpc) is 3.09. The van der Waals surface area contributed by atoms with Crippen molar-refractivity contribution in [1.29, 1.82) is 0 Å². The van der Waals surface area contributed by atoms with Crippen molar-refractivity contribution in [2.24, 2.45) is 0 Å². The number of nitrogens with zero attached hydrogens (tertiary/aromatic N) is 3. The predicted octanol–water partition coefficient (Wildman–Crippen LogP) is 4.75. The molecule has 3 rings (SSSR count). The zero-order valence-electron chi connectivity index (χ0n) is 16.9. The maximum Gasteiger partial charge on any atom is 0.270 e. The highest BCUT2D eigenvalue weighted by Crippen LogP contribution is 2.27. The Morgan fingerprint density at radius 1 is 1.18 bits per heavy atom. The summed E-state index contributed by atoms with van der Waals surface area (Å²) in [6, 6.07) is 9.97. The first-order valence-electron chi connectivity index (χ1n) is 9.75. The van der Waals surface area contributed by atoms with Gasteiger partial charge in [0, 0.05) is 23.6 Å². The van der Waals surface area contributed by atoms with E-state index in [-0.39, 0.29) is 22.8 Å². The average molecular weight is 382 g/mol. The van der Waals surface area contributed by atoms with E-state index in [9.17, 15) is 9.18 Å². The number of rotatable bonds is 6. The Bertz CT molecular complexity index is 988. The van der Waals surface area contributed by atoms with Crippen molar-refractivity contribution in [3.63, 3.8) is 0 Å². The number of nitrogens with one attached hydrogen (secondary N) is 1. The minimum Gasteiger partial charge on any atom is -0.351 e. The molecule has 0 aliphatic carbocycles. The van der Waals surface area contributed by atoms with Crippen molar-refractivity contribution in [1.82, 2.24) is 19.9 Å². The molecule has 148 valence electrons. The van der Waals surface area contributed by atoms with Gasteiger partial charge in [0.15, 0.2) is 5.65 Å². The Labute approximate surface area is 165 Å². The molecule has 0 aliphatic rings. The van der Waals surface area contributed by atoms with Crippen molar-refractivity contribution in [2.75, 3.05) is 6.54 Å². The van der Waals surface area contributed by atoms with Gasteiger partial charge in [0.25, 0.3) is 5.91 Å². The summed E-state index contributed by atoms with van der Waals surface area (Å²) in [5.74, 6) is -0.619. The molecule has 0 bridgehead atoms. The molecule has 0 atom stereocenters. The first kappa shape index (κ1) is 20.0. The summed E-state index contributed by atoms with van der Waals surface area (Å²) in [7, 11) is 0. The third-order valence-electron chi connectivity index (χ3n) is 4.64. The lowest BCUT2D eigenvalue weighted by molar-refractivity contribution is 0.0948. The number of carbonyl (C=O) groups excluding carboxylic acids is 1. The van der Waals surface area contributed by atoms with Gasteiger partial charge >= 0.3 is 0 Å². The molecule has 3 aromatic rings. The number of aromatic nitrogens is 3. The predicted molar refractivity (Wildman–Crippen MR) is 109 cm³/mol. The molecule has 0 radical (unpaired) electrons. The van der Waals surface area contributed by atoms with E-state index >= 15 is 0 Å². The second-order valence-electron chi connectivity index (χ2n) is 8.02. The number of halogens is 1. The third-order valence-corrected chi connectivity index (χ3v) is 4.64. The Morgan fingerprint density at radius 2 is 1.93 bits per heavy atom. The summed E-state index contributed by atoms with van der Waals surface area (Å²) in [4.78, 5) is 17.1. The highest BCUT2D eigenvalue weighted by Gasteiger charge is 2.22. The molecule has 0 saturated carbocycles. The van der Waals surface area contributed by atoms with Crippen LogP contribution in [0.15, 0.2) is 36.4 Å². The Morgan fingerprint density at radius 3 is 2.61 bits per heavy atom. The standard InChI is InChI=1S/C22H27FN4O/c1-5-6-9-12-24-21(28)17-13-18(15-10-7-8-11-16(15)23)27-20(25-17)14-19(26-27)22(2,3)4/h7-8,10-11,13-14H,5-6,9,12H2,1-4H3,(H,24,28). The van der Waals surface area contributed by atoms with Crippen LogP contribution >= 0.6 is 0 Å². The summed E-state index contributed by atoms with van der Waals surface area (Å²) in [6.45, 7) is 8.88. The molecule has 2 heterocycles. The fraction of sp³-hybridized carbons (Fsp3) is 0.409. The van der Waals surface area contributed by atoms with Crippen molar-refractivity contribution < 1.29 is 9.18 Å². The fourth-order valence-electron chi connectivity index (χ4n) is 2.99. The Kier molecular flexibility index (Phi) is 5.77. The molecule has 0 aliphatic heterocycles. The fourth-order valence-corrected chi connectivity index (χ4v) is 2.99. The molecular formula is C22H27FN4O. The lowest BCUT2D eigenvalue weighted by Crippen LogP contribution is -2.25. The van der Waals surface area contributed by atoms with Crippen molar-refractivity contribution in [2.45, 2.75) is 52.4 Å². The largest absolute Gasteiger partial charge is 0.351 e. The van der Waals surface area contributed by atoms with Crippen LogP contribution in [0.4, 0.5) is 4.39 Å². The van der Waals surface area contributed by atoms with Crippen molar-refractivity contribution >= 4 is 11.6 Å². The van der Waals surface area contributed by atoms with E-state index in [4.69, 9.17) is 0 Å². The van der Waals surface area contributed by atoms with E-state index in [1.165, 1.54) is 6.07 Å². The van der Waals surface area contributed by atoms with Crippen LogP contribution in [0.1, 0.15) is 63.1 Å². The summed E-state index contributed by atoms with van der Waals surface area (Å²) < 4.78 is 16.1. The van der Waals surface area contributed by atoms with E-state index in [2.05, 4.69) is 43.1 Å². The maximum absolute atomic E-state index is 14.5. The van der Waals surface area contributed by atoms with Crippen LogP contribution in [-0.2, 0) is 5.41 Å². The van der Waals surface area contributed by atoms with Gasteiger partial charge in [-0.25, -0.2) is 13.9 Å². The summed E-state index contributed by atoms with van der Waals surface area (Å²) >= 11 is 0. The van der Waals surface area contributed by atoms with E-state index in [1.807, 2.05) is 6.07 Å². The molecule has 28 heavy (non-hydrogen) atoms. The second-order valence-corrected chi connectivity index (χ2v) is 8.02. The number of fused-ring (bicyclic) bond motifs is 1. The number of benzene rings is 1. The van der Waals surface area contributed by atoms with Gasteiger partial charge in [-0.1, -0.05) is 52.7 Å². The van der Waals surface area contributed by atoms with Gasteiger partial charge < -0.3 is 5.32 Å². The number of hydrogen-bond acceptors (Lipinski definition) is 3. The van der Waals surface area contributed by atoms with Crippen LogP contribution in [0, 0.1) is 5.82 Å². The normalized spacial score (nSPS) is 11.8. The molecule has 6 heteroatoms. The second kappa shape index (κ2) is 8.09. The van der Waals surface area contributed by atoms with Crippen LogP contribution in [-0.4, -0.2) is 27.0 Å². The van der Waals surface area contributed by atoms with Crippen LogP contribution < -0.4 is 5.32 Å². The quantitative estimate of drug-likeness (QED) is 0.626. The van der Waals surface area contributed by atoms with Gasteiger partial charge in [-0.2, -0.15) is 5.10 Å². The van der Waals surface area contributed by atoms with E-state index in [0.29, 0.717) is 23.4 Å². The molecule has 5 nitrogen and oxygen atoms in total. The maximum atomic E-state index is 14.5. The minimum absolute atomic E-state index is 0.192. The third kappa shape index (κ3) is 4.21. The van der Waals surface area contributed by atoms with Gasteiger partial charge in [-0.05, 0) is 24.6 Å². The van der Waals surface area contributed by atoms with Crippen molar-refractivity contribution in [3.05, 3.63) is 53.6 Å². The smallest absolute Gasteiger partial charge is 0.270 e. The molecular weight excluding hydrogens is 355 g/mol. The number of hydrogen-bond donors (Lipinski definition) is 1. The number of unbranched alkanes of at least 4 members (excludes halogenated alkanes) is 2. The van der Waals surface area contributed by atoms with Crippen LogP contribution in [0.3, 0.4) is 0 Å².